The van der Waals surface area contributed by atoms with Crippen molar-refractivity contribution in [1.29, 1.82) is 0 Å². The fourth-order valence-corrected chi connectivity index (χ4v) is 5.64. The molecule has 4 heterocycles. The van der Waals surface area contributed by atoms with Crippen LogP contribution in [0, 0.1) is 0 Å². The number of nitrogens with one attached hydrogen (secondary N) is 1. The van der Waals surface area contributed by atoms with Crippen LogP contribution in [-0.2, 0) is 0 Å². The van der Waals surface area contributed by atoms with E-state index in [0.717, 1.165) is 57.4 Å². The molecule has 2 fully saturated rings. The third-order valence-corrected chi connectivity index (χ3v) is 8.05. The van der Waals surface area contributed by atoms with Gasteiger partial charge in [0, 0.05) is 45.9 Å². The second-order valence-electron chi connectivity index (χ2n) is 9.82. The summed E-state index contributed by atoms with van der Waals surface area (Å²) in [6, 6.07) is 20.0. The first kappa shape index (κ1) is 30.2. The normalized spacial score (nSPS) is 15.6. The summed E-state index contributed by atoms with van der Waals surface area (Å²) in [5.41, 5.74) is 7.31. The molecule has 2 aromatic heterocycles. The smallest absolute Gasteiger partial charge is 0.129 e. The van der Waals surface area contributed by atoms with E-state index < -0.39 is 0 Å². The molecule has 2 aliphatic heterocycles. The summed E-state index contributed by atoms with van der Waals surface area (Å²) in [4.78, 5) is 13.7. The molecule has 4 aromatic rings. The molecule has 0 unspecified atom stereocenters. The van der Waals surface area contributed by atoms with Crippen molar-refractivity contribution in [3.05, 3.63) is 74.8 Å². The van der Waals surface area contributed by atoms with Crippen LogP contribution < -0.4 is 11.1 Å². The van der Waals surface area contributed by atoms with Gasteiger partial charge in [-0.05, 0) is 100 Å². The SMILES string of the molecule is Brc1ccc2ccc(NCCN3CCCC3)nc2c1.Clc1ccc2ccc(Br)cc2n1.NCCN1CCCC1. The average molecular weight is 677 g/mol. The highest BCUT2D eigenvalue weighted by Crippen LogP contribution is 2.21. The number of nitrogens with zero attached hydrogens (tertiary/aromatic N) is 4. The average Bonchev–Trinajstić information content (AvgIpc) is 3.64. The summed E-state index contributed by atoms with van der Waals surface area (Å²) in [6.07, 6.45) is 5.45. The minimum Gasteiger partial charge on any atom is -0.369 e. The van der Waals surface area contributed by atoms with E-state index in [-0.39, 0.29) is 0 Å². The molecule has 0 radical (unpaired) electrons. The van der Waals surface area contributed by atoms with Crippen LogP contribution in [-0.4, -0.2) is 72.1 Å². The van der Waals surface area contributed by atoms with Gasteiger partial charge in [0.25, 0.3) is 0 Å². The topological polar surface area (TPSA) is 70.3 Å². The third-order valence-electron chi connectivity index (χ3n) is 6.85. The van der Waals surface area contributed by atoms with Gasteiger partial charge in [0.2, 0.25) is 0 Å². The second kappa shape index (κ2) is 15.8. The summed E-state index contributed by atoms with van der Waals surface area (Å²) in [5, 5.41) is 6.22. The molecule has 6 rings (SSSR count). The van der Waals surface area contributed by atoms with E-state index in [0.29, 0.717) is 5.15 Å². The quantitative estimate of drug-likeness (QED) is 0.211. The van der Waals surface area contributed by atoms with Gasteiger partial charge in [-0.2, -0.15) is 0 Å². The van der Waals surface area contributed by atoms with Crippen LogP contribution in [0.4, 0.5) is 5.82 Å². The minimum atomic E-state index is 0.528. The molecule has 2 aliphatic rings. The molecule has 0 saturated carbocycles. The van der Waals surface area contributed by atoms with Crippen molar-refractivity contribution in [2.75, 3.05) is 57.7 Å². The first-order valence-corrected chi connectivity index (χ1v) is 15.6. The molecule has 3 N–H and O–H groups in total. The maximum atomic E-state index is 5.74. The number of aromatic nitrogens is 2. The first-order valence-electron chi connectivity index (χ1n) is 13.7. The number of fused-ring (bicyclic) bond motifs is 2. The lowest BCUT2D eigenvalue weighted by Crippen LogP contribution is -2.26. The Bertz CT molecular complexity index is 1290. The van der Waals surface area contributed by atoms with E-state index in [9.17, 15) is 0 Å². The number of hydrogen-bond donors (Lipinski definition) is 2. The van der Waals surface area contributed by atoms with Gasteiger partial charge in [0.05, 0.1) is 11.0 Å². The molecule has 2 saturated heterocycles. The van der Waals surface area contributed by atoms with E-state index in [2.05, 4.69) is 81.2 Å². The van der Waals surface area contributed by atoms with Crippen molar-refractivity contribution in [2.45, 2.75) is 25.7 Å². The molecule has 0 aliphatic carbocycles. The maximum Gasteiger partial charge on any atom is 0.129 e. The van der Waals surface area contributed by atoms with Crippen LogP contribution in [0.3, 0.4) is 0 Å². The van der Waals surface area contributed by atoms with Crippen LogP contribution >= 0.6 is 43.5 Å². The Kier molecular flexibility index (Phi) is 12.2. The van der Waals surface area contributed by atoms with Crippen molar-refractivity contribution in [3.8, 4) is 0 Å². The molecule has 6 nitrogen and oxygen atoms in total. The second-order valence-corrected chi connectivity index (χ2v) is 12.0. The number of pyridine rings is 2. The summed E-state index contributed by atoms with van der Waals surface area (Å²) in [6.45, 7) is 9.04. The number of halogens is 3. The van der Waals surface area contributed by atoms with Gasteiger partial charge < -0.3 is 20.9 Å². The van der Waals surface area contributed by atoms with Crippen molar-refractivity contribution >= 4 is 71.1 Å². The van der Waals surface area contributed by atoms with Gasteiger partial charge >= 0.3 is 0 Å². The zero-order chi connectivity index (χ0) is 27.5. The highest BCUT2D eigenvalue weighted by molar-refractivity contribution is 9.10. The lowest BCUT2D eigenvalue weighted by molar-refractivity contribution is 0.349. The van der Waals surface area contributed by atoms with E-state index in [1.165, 1.54) is 57.2 Å². The van der Waals surface area contributed by atoms with Crippen molar-refractivity contribution < 1.29 is 0 Å². The van der Waals surface area contributed by atoms with Crippen molar-refractivity contribution in [3.63, 3.8) is 0 Å². The van der Waals surface area contributed by atoms with Gasteiger partial charge in [-0.1, -0.05) is 55.6 Å². The number of likely N-dealkylation sites (tertiary alicyclic amines) is 2. The van der Waals surface area contributed by atoms with Gasteiger partial charge in [0.1, 0.15) is 11.0 Å². The number of benzene rings is 2. The van der Waals surface area contributed by atoms with E-state index in [4.69, 9.17) is 17.3 Å². The van der Waals surface area contributed by atoms with Crippen LogP contribution in [0.2, 0.25) is 5.15 Å². The molecule has 0 amide bonds. The van der Waals surface area contributed by atoms with E-state index in [1.807, 2.05) is 30.3 Å². The molecule has 0 bridgehead atoms. The van der Waals surface area contributed by atoms with Crippen LogP contribution in [0.15, 0.2) is 69.6 Å². The number of rotatable bonds is 6. The standard InChI is InChI=1S/C15H18BrN3.C9H5BrClN.C6H14N2/c16-13-5-3-12-4-6-15(18-14(12)11-13)17-7-10-19-8-1-2-9-19;10-7-3-1-6-2-4-9(11)12-8(6)5-7;7-3-6-8-4-1-2-5-8/h3-6,11H,1-2,7-10H2,(H,17,18);1-5H;1-7H2. The third kappa shape index (κ3) is 9.95. The highest BCUT2D eigenvalue weighted by Gasteiger charge is 2.10. The largest absolute Gasteiger partial charge is 0.369 e. The molecular formula is C30H37Br2ClN6. The monoisotopic (exact) mass is 674 g/mol. The summed E-state index contributed by atoms with van der Waals surface area (Å²) >= 11 is 12.6. The Labute approximate surface area is 253 Å². The molecule has 0 spiro atoms. The minimum absolute atomic E-state index is 0.528. The summed E-state index contributed by atoms with van der Waals surface area (Å²) in [7, 11) is 0. The van der Waals surface area contributed by atoms with E-state index >= 15 is 0 Å². The van der Waals surface area contributed by atoms with Crippen molar-refractivity contribution in [2.24, 2.45) is 5.73 Å². The lowest BCUT2D eigenvalue weighted by atomic mass is 10.2. The van der Waals surface area contributed by atoms with Gasteiger partial charge in [-0.15, -0.1) is 0 Å². The summed E-state index contributed by atoms with van der Waals surface area (Å²) < 4.78 is 2.09. The van der Waals surface area contributed by atoms with Gasteiger partial charge in [-0.25, -0.2) is 9.97 Å². The number of hydrogen-bond acceptors (Lipinski definition) is 6. The zero-order valence-electron chi connectivity index (χ0n) is 22.3. The molecule has 0 atom stereocenters. The molecular weight excluding hydrogens is 640 g/mol. The first-order chi connectivity index (χ1) is 19.0. The van der Waals surface area contributed by atoms with Gasteiger partial charge in [-0.3, -0.25) is 0 Å². The Morgan fingerprint density at radius 3 is 1.82 bits per heavy atom. The zero-order valence-corrected chi connectivity index (χ0v) is 26.2. The van der Waals surface area contributed by atoms with Gasteiger partial charge in [0.15, 0.2) is 0 Å². The molecule has 208 valence electrons. The highest BCUT2D eigenvalue weighted by atomic mass is 79.9. The Balaban J connectivity index is 0.000000150. The Morgan fingerprint density at radius 2 is 1.23 bits per heavy atom. The lowest BCUT2D eigenvalue weighted by Gasteiger charge is -2.15. The predicted molar refractivity (Wildman–Crippen MR) is 173 cm³/mol. The number of nitrogens with two attached hydrogens (primary N) is 1. The predicted octanol–water partition coefficient (Wildman–Crippen LogP) is 7.20. The van der Waals surface area contributed by atoms with Crippen LogP contribution in [0.25, 0.3) is 21.8 Å². The van der Waals surface area contributed by atoms with E-state index in [1.54, 1.807) is 6.07 Å². The fourth-order valence-electron chi connectivity index (χ4n) is 4.79. The van der Waals surface area contributed by atoms with Crippen LogP contribution in [0.5, 0.6) is 0 Å². The Morgan fingerprint density at radius 1 is 0.718 bits per heavy atom. The molecule has 39 heavy (non-hydrogen) atoms. The Hall–Kier alpha value is -1.81. The van der Waals surface area contributed by atoms with Crippen LogP contribution in [0.1, 0.15) is 25.7 Å². The fraction of sp³-hybridized carbons (Fsp3) is 0.400. The maximum absolute atomic E-state index is 5.74. The molecule has 2 aromatic carbocycles. The summed E-state index contributed by atoms with van der Waals surface area (Å²) in [5.74, 6) is 0.963. The molecule has 9 heteroatoms. The van der Waals surface area contributed by atoms with Crippen molar-refractivity contribution in [1.82, 2.24) is 19.8 Å². The number of anilines is 1.